The molecule has 0 atom stereocenters. The molecule has 0 bridgehead atoms. The van der Waals surface area contributed by atoms with Gasteiger partial charge in [-0.15, -0.1) is 0 Å². The molecule has 1 fully saturated rings. The summed E-state index contributed by atoms with van der Waals surface area (Å²) in [5, 5.41) is 0. The predicted molar refractivity (Wildman–Crippen MR) is 127 cm³/mol. The van der Waals surface area contributed by atoms with Crippen LogP contribution in [0.25, 0.3) is 0 Å². The zero-order chi connectivity index (χ0) is 22.3. The fraction of sp³-hybridized carbons (Fsp3) is 0.286. The lowest BCUT2D eigenvalue weighted by Gasteiger charge is -2.28. The van der Waals surface area contributed by atoms with Gasteiger partial charge in [0.2, 0.25) is 0 Å². The molecule has 4 heteroatoms. The summed E-state index contributed by atoms with van der Waals surface area (Å²) in [5.74, 6) is -0.166. The molecule has 0 aromatic heterocycles. The number of amides is 3. The van der Waals surface area contributed by atoms with Crippen molar-refractivity contribution in [2.45, 2.75) is 51.6 Å². The van der Waals surface area contributed by atoms with Crippen LogP contribution in [0.2, 0.25) is 0 Å². The summed E-state index contributed by atoms with van der Waals surface area (Å²) in [6, 6.07) is 24.3. The van der Waals surface area contributed by atoms with E-state index in [9.17, 15) is 9.59 Å². The summed E-state index contributed by atoms with van der Waals surface area (Å²) < 4.78 is 0. The third-order valence-corrected chi connectivity index (χ3v) is 6.85. The van der Waals surface area contributed by atoms with Crippen molar-refractivity contribution in [2.75, 3.05) is 4.90 Å². The van der Waals surface area contributed by atoms with E-state index in [1.54, 1.807) is 4.90 Å². The molecule has 0 radical (unpaired) electrons. The molecule has 5 rings (SSSR count). The zero-order valence-corrected chi connectivity index (χ0v) is 18.7. The molecule has 1 heterocycles. The molecule has 0 unspecified atom stereocenters. The summed E-state index contributed by atoms with van der Waals surface area (Å²) in [6.45, 7) is 4.10. The average molecular weight is 425 g/mol. The molecule has 162 valence electrons. The molecule has 3 amide bonds. The molecule has 1 aliphatic carbocycles. The molecular formula is C28H28N2O2. The lowest BCUT2D eigenvalue weighted by atomic mass is 9.97. The van der Waals surface area contributed by atoms with Gasteiger partial charge in [0.25, 0.3) is 5.91 Å². The number of hydrogen-bond acceptors (Lipinski definition) is 2. The summed E-state index contributed by atoms with van der Waals surface area (Å²) >= 11 is 0. The summed E-state index contributed by atoms with van der Waals surface area (Å²) in [5.41, 5.74) is 5.84. The fourth-order valence-corrected chi connectivity index (χ4v) is 4.90. The minimum atomic E-state index is -0.907. The smallest absolute Gasteiger partial charge is 0.305 e. The first-order valence-corrected chi connectivity index (χ1v) is 11.3. The zero-order valence-electron chi connectivity index (χ0n) is 18.7. The second kappa shape index (κ2) is 7.94. The van der Waals surface area contributed by atoms with Crippen LogP contribution in [0.3, 0.4) is 0 Å². The van der Waals surface area contributed by atoms with Crippen molar-refractivity contribution in [1.82, 2.24) is 4.90 Å². The Balaban J connectivity index is 1.45. The number of carbonyl (C=O) groups is 2. The number of fused-ring (bicyclic) bond motifs is 1. The van der Waals surface area contributed by atoms with Crippen molar-refractivity contribution in [3.05, 3.63) is 101 Å². The molecule has 3 aromatic carbocycles. The van der Waals surface area contributed by atoms with Crippen LogP contribution in [-0.2, 0) is 30.6 Å². The van der Waals surface area contributed by atoms with Gasteiger partial charge in [-0.25, -0.2) is 9.69 Å². The van der Waals surface area contributed by atoms with E-state index in [0.717, 1.165) is 31.2 Å². The molecule has 32 heavy (non-hydrogen) atoms. The highest BCUT2D eigenvalue weighted by Gasteiger charge is 2.51. The fourth-order valence-electron chi connectivity index (χ4n) is 4.90. The maximum Gasteiger partial charge on any atom is 0.332 e. The Bertz CT molecular complexity index is 1180. The quantitative estimate of drug-likeness (QED) is 0.507. The normalized spacial score (nSPS) is 17.2. The lowest BCUT2D eigenvalue weighted by Crippen LogP contribution is -2.43. The molecule has 0 spiro atoms. The first-order chi connectivity index (χ1) is 15.4. The van der Waals surface area contributed by atoms with Crippen molar-refractivity contribution < 1.29 is 9.59 Å². The molecule has 4 nitrogen and oxygen atoms in total. The number of nitrogens with zero attached hydrogens (tertiary/aromatic N) is 2. The van der Waals surface area contributed by atoms with Crippen molar-refractivity contribution in [1.29, 1.82) is 0 Å². The van der Waals surface area contributed by atoms with Crippen LogP contribution in [0.15, 0.2) is 72.8 Å². The summed E-state index contributed by atoms with van der Waals surface area (Å²) in [7, 11) is 0. The van der Waals surface area contributed by atoms with Gasteiger partial charge in [0.1, 0.15) is 5.54 Å². The van der Waals surface area contributed by atoms with E-state index >= 15 is 0 Å². The number of urea groups is 1. The van der Waals surface area contributed by atoms with Gasteiger partial charge in [0.05, 0.1) is 5.69 Å². The SMILES string of the molecule is CC1(C)C(=O)N(c2ccc3c(c2)CCC3)C(=O)N1Cc1ccccc1Cc1ccccc1. The number of anilines is 1. The Morgan fingerprint density at radius 3 is 2.28 bits per heavy atom. The van der Waals surface area contributed by atoms with Crippen LogP contribution in [0.4, 0.5) is 10.5 Å². The Labute approximate surface area is 189 Å². The standard InChI is InChI=1S/C28H28N2O2/c1-28(2)26(31)30(25-16-15-21-13-8-14-23(21)18-25)27(32)29(28)19-24-12-7-6-11-22(24)17-20-9-4-3-5-10-20/h3-7,9-12,15-16,18H,8,13-14,17,19H2,1-2H3. The van der Waals surface area contributed by atoms with Crippen LogP contribution < -0.4 is 4.90 Å². The first-order valence-electron chi connectivity index (χ1n) is 11.3. The Morgan fingerprint density at radius 1 is 0.812 bits per heavy atom. The maximum atomic E-state index is 13.5. The number of carbonyl (C=O) groups excluding carboxylic acids is 2. The van der Waals surface area contributed by atoms with Gasteiger partial charge in [0, 0.05) is 6.54 Å². The topological polar surface area (TPSA) is 40.6 Å². The van der Waals surface area contributed by atoms with E-state index in [0.29, 0.717) is 12.2 Å². The van der Waals surface area contributed by atoms with E-state index in [4.69, 9.17) is 0 Å². The molecule has 3 aromatic rings. The van der Waals surface area contributed by atoms with Gasteiger partial charge in [-0.1, -0.05) is 60.7 Å². The van der Waals surface area contributed by atoms with Crippen molar-refractivity contribution in [3.63, 3.8) is 0 Å². The largest absolute Gasteiger partial charge is 0.332 e. The Morgan fingerprint density at radius 2 is 1.50 bits per heavy atom. The van der Waals surface area contributed by atoms with Crippen LogP contribution in [0, 0.1) is 0 Å². The van der Waals surface area contributed by atoms with E-state index < -0.39 is 5.54 Å². The van der Waals surface area contributed by atoms with Gasteiger partial charge in [0.15, 0.2) is 0 Å². The molecule has 1 aliphatic heterocycles. The minimum Gasteiger partial charge on any atom is -0.305 e. The highest BCUT2D eigenvalue weighted by atomic mass is 16.2. The third kappa shape index (κ3) is 3.50. The number of imide groups is 1. The van der Waals surface area contributed by atoms with E-state index in [1.165, 1.54) is 27.2 Å². The van der Waals surface area contributed by atoms with E-state index in [2.05, 4.69) is 30.3 Å². The van der Waals surface area contributed by atoms with Gasteiger partial charge in [-0.05, 0) is 79.5 Å². The van der Waals surface area contributed by atoms with Crippen LogP contribution in [0.1, 0.15) is 48.1 Å². The van der Waals surface area contributed by atoms with Crippen LogP contribution in [0.5, 0.6) is 0 Å². The summed E-state index contributed by atoms with van der Waals surface area (Å²) in [4.78, 5) is 30.0. The molecule has 1 saturated heterocycles. The minimum absolute atomic E-state index is 0.166. The van der Waals surface area contributed by atoms with Gasteiger partial charge < -0.3 is 4.90 Å². The van der Waals surface area contributed by atoms with Crippen molar-refractivity contribution >= 4 is 17.6 Å². The van der Waals surface area contributed by atoms with Gasteiger partial charge in [-0.3, -0.25) is 4.79 Å². The highest BCUT2D eigenvalue weighted by Crippen LogP contribution is 2.36. The number of rotatable bonds is 5. The van der Waals surface area contributed by atoms with Gasteiger partial charge >= 0.3 is 6.03 Å². The molecule has 0 saturated carbocycles. The first kappa shape index (κ1) is 20.5. The van der Waals surface area contributed by atoms with Crippen LogP contribution in [-0.4, -0.2) is 22.4 Å². The average Bonchev–Trinajstić information content (AvgIpc) is 3.32. The van der Waals surface area contributed by atoms with Crippen LogP contribution >= 0.6 is 0 Å². The van der Waals surface area contributed by atoms with Crippen molar-refractivity contribution in [2.24, 2.45) is 0 Å². The monoisotopic (exact) mass is 424 g/mol. The Kier molecular flexibility index (Phi) is 5.09. The van der Waals surface area contributed by atoms with E-state index in [1.807, 2.05) is 56.3 Å². The molecule has 0 N–H and O–H groups in total. The Hall–Kier alpha value is -3.40. The predicted octanol–water partition coefficient (Wildman–Crippen LogP) is 5.51. The highest BCUT2D eigenvalue weighted by molar-refractivity contribution is 6.23. The molecular weight excluding hydrogens is 396 g/mol. The van der Waals surface area contributed by atoms with Gasteiger partial charge in [-0.2, -0.15) is 0 Å². The maximum absolute atomic E-state index is 13.5. The summed E-state index contributed by atoms with van der Waals surface area (Å²) in [6.07, 6.45) is 4.02. The van der Waals surface area contributed by atoms with E-state index in [-0.39, 0.29) is 11.9 Å². The van der Waals surface area contributed by atoms with Crippen molar-refractivity contribution in [3.8, 4) is 0 Å². The second-order valence-electron chi connectivity index (χ2n) is 9.31. The molecule has 2 aliphatic rings. The number of benzene rings is 3. The lowest BCUT2D eigenvalue weighted by molar-refractivity contribution is -0.123. The second-order valence-corrected chi connectivity index (χ2v) is 9.31. The number of aryl methyl sites for hydroxylation is 2. The third-order valence-electron chi connectivity index (χ3n) is 6.85. The number of hydrogen-bond donors (Lipinski definition) is 0.